The third-order valence-corrected chi connectivity index (χ3v) is 8.25. The second-order valence-corrected chi connectivity index (χ2v) is 10.8. The number of benzene rings is 2. The van der Waals surface area contributed by atoms with Gasteiger partial charge in [-0.1, -0.05) is 53.4 Å². The smallest absolute Gasteiger partial charge is 0.220 e. The number of carbonyl (C=O) groups is 1. The molecule has 0 radical (unpaired) electrons. The predicted molar refractivity (Wildman–Crippen MR) is 138 cm³/mol. The van der Waals surface area contributed by atoms with Gasteiger partial charge in [-0.05, 0) is 93.4 Å². The van der Waals surface area contributed by atoms with Crippen molar-refractivity contribution in [3.05, 3.63) is 62.6 Å². The Bertz CT molecular complexity index is 991. The van der Waals surface area contributed by atoms with Gasteiger partial charge in [0.25, 0.3) is 0 Å². The summed E-state index contributed by atoms with van der Waals surface area (Å²) in [5.41, 5.74) is 8.80. The molecule has 4 rings (SSSR count). The third-order valence-electron chi connectivity index (χ3n) is 7.36. The molecule has 1 saturated heterocycles. The van der Waals surface area contributed by atoms with Crippen LogP contribution in [0.2, 0.25) is 15.1 Å². The van der Waals surface area contributed by atoms with Crippen LogP contribution in [0, 0.1) is 5.92 Å². The highest BCUT2D eigenvalue weighted by Gasteiger charge is 2.32. The summed E-state index contributed by atoms with van der Waals surface area (Å²) in [4.78, 5) is 14.2. The molecule has 4 nitrogen and oxygen atoms in total. The van der Waals surface area contributed by atoms with Crippen molar-refractivity contribution >= 4 is 46.4 Å². The molecule has 1 amide bonds. The maximum atomic E-state index is 11.7. The van der Waals surface area contributed by atoms with E-state index in [0.717, 1.165) is 56.4 Å². The molecule has 33 heavy (non-hydrogen) atoms. The average Bonchev–Trinajstić information content (AvgIpc) is 2.80. The summed E-state index contributed by atoms with van der Waals surface area (Å²) < 4.78 is 0. The van der Waals surface area contributed by atoms with Crippen molar-refractivity contribution in [3.63, 3.8) is 0 Å². The van der Waals surface area contributed by atoms with E-state index in [0.29, 0.717) is 27.0 Å². The minimum Gasteiger partial charge on any atom is -0.377 e. The number of nitrogens with zero attached hydrogens (tertiary/aromatic N) is 1. The highest BCUT2D eigenvalue weighted by atomic mass is 35.5. The van der Waals surface area contributed by atoms with E-state index >= 15 is 0 Å². The van der Waals surface area contributed by atoms with E-state index in [2.05, 4.69) is 29.3 Å². The Morgan fingerprint density at radius 3 is 2.48 bits per heavy atom. The molecular weight excluding hydrogens is 477 g/mol. The number of nitrogens with one attached hydrogen (secondary N) is 1. The van der Waals surface area contributed by atoms with E-state index in [1.165, 1.54) is 12.0 Å². The van der Waals surface area contributed by atoms with Gasteiger partial charge < -0.3 is 16.0 Å². The van der Waals surface area contributed by atoms with Crippen molar-refractivity contribution in [2.24, 2.45) is 11.7 Å². The monoisotopic (exact) mass is 507 g/mol. The molecule has 2 aromatic rings. The fourth-order valence-corrected chi connectivity index (χ4v) is 6.17. The van der Waals surface area contributed by atoms with Gasteiger partial charge in [-0.3, -0.25) is 4.79 Å². The molecule has 0 bridgehead atoms. The summed E-state index contributed by atoms with van der Waals surface area (Å²) in [6, 6.07) is 12.4. The zero-order valence-electron chi connectivity index (χ0n) is 19.0. The van der Waals surface area contributed by atoms with Crippen LogP contribution in [-0.4, -0.2) is 29.9 Å². The maximum absolute atomic E-state index is 11.7. The Kier molecular flexibility index (Phi) is 8.11. The van der Waals surface area contributed by atoms with Gasteiger partial charge in [0.15, 0.2) is 0 Å². The number of hydrogen-bond donors (Lipinski definition) is 2. The molecule has 7 heteroatoms. The number of hydrogen-bond acceptors (Lipinski definition) is 3. The fraction of sp³-hybridized carbons (Fsp3) is 0.500. The molecule has 3 atom stereocenters. The second kappa shape index (κ2) is 10.9. The number of halogens is 3. The zero-order chi connectivity index (χ0) is 23.5. The fourth-order valence-electron chi connectivity index (χ4n) is 5.42. The topological polar surface area (TPSA) is 58.4 Å². The molecule has 2 fully saturated rings. The second-order valence-electron chi connectivity index (χ2n) is 9.50. The summed E-state index contributed by atoms with van der Waals surface area (Å²) in [6.45, 7) is 4.19. The summed E-state index contributed by atoms with van der Waals surface area (Å²) in [5, 5.41) is 5.50. The Morgan fingerprint density at radius 2 is 1.79 bits per heavy atom. The summed E-state index contributed by atoms with van der Waals surface area (Å²) in [7, 11) is 0. The van der Waals surface area contributed by atoms with E-state index in [1.54, 1.807) is 6.07 Å². The Hall–Kier alpha value is -1.46. The van der Waals surface area contributed by atoms with Crippen LogP contribution in [-0.2, 0) is 4.79 Å². The van der Waals surface area contributed by atoms with Gasteiger partial charge in [0.1, 0.15) is 0 Å². The zero-order valence-corrected chi connectivity index (χ0v) is 21.3. The van der Waals surface area contributed by atoms with Crippen LogP contribution in [0.15, 0.2) is 36.4 Å². The van der Waals surface area contributed by atoms with Crippen molar-refractivity contribution in [1.29, 1.82) is 0 Å². The molecule has 1 aliphatic heterocycles. The van der Waals surface area contributed by atoms with E-state index in [1.807, 2.05) is 18.2 Å². The highest BCUT2D eigenvalue weighted by molar-refractivity contribution is 6.35. The maximum Gasteiger partial charge on any atom is 0.220 e. The number of likely N-dealkylation sites (tertiary alicyclic amines) is 1. The standard InChI is InChI=1S/C26H32Cl3N3O/c1-16(22-7-6-20(27)15-24(22)29)31-25-14-18(5-8-23(25)28)17-9-11-32(12-10-17)21-4-2-3-19(13-21)26(30)33/h5-8,14-17,19,21,31H,2-4,9-13H2,1H3,(H2,30,33)/t16?,19-,21-/m1/s1. The highest BCUT2D eigenvalue weighted by Crippen LogP contribution is 2.37. The molecular formula is C26H32Cl3N3O. The van der Waals surface area contributed by atoms with E-state index in [4.69, 9.17) is 40.5 Å². The van der Waals surface area contributed by atoms with Crippen molar-refractivity contribution in [3.8, 4) is 0 Å². The van der Waals surface area contributed by atoms with Gasteiger partial charge in [-0.2, -0.15) is 0 Å². The molecule has 0 aromatic heterocycles. The molecule has 2 aromatic carbocycles. The number of amides is 1. The number of anilines is 1. The summed E-state index contributed by atoms with van der Waals surface area (Å²) in [6.07, 6.45) is 6.35. The lowest BCUT2D eigenvalue weighted by Crippen LogP contribution is -2.45. The molecule has 1 aliphatic carbocycles. The first-order valence-electron chi connectivity index (χ1n) is 11.9. The van der Waals surface area contributed by atoms with Crippen molar-refractivity contribution < 1.29 is 4.79 Å². The molecule has 3 N–H and O–H groups in total. The predicted octanol–water partition coefficient (Wildman–Crippen LogP) is 7.04. The Morgan fingerprint density at radius 1 is 1.03 bits per heavy atom. The number of nitrogens with two attached hydrogens (primary N) is 1. The first-order chi connectivity index (χ1) is 15.8. The average molecular weight is 509 g/mol. The van der Waals surface area contributed by atoms with Gasteiger partial charge in [0, 0.05) is 22.0 Å². The minimum atomic E-state index is -0.134. The van der Waals surface area contributed by atoms with Crippen LogP contribution in [0.1, 0.15) is 68.5 Å². The first-order valence-corrected chi connectivity index (χ1v) is 13.0. The Labute approximate surface area is 211 Å². The van der Waals surface area contributed by atoms with E-state index in [-0.39, 0.29) is 17.9 Å². The first kappa shape index (κ1) is 24.7. The van der Waals surface area contributed by atoms with Crippen LogP contribution in [0.4, 0.5) is 5.69 Å². The van der Waals surface area contributed by atoms with Crippen LogP contribution < -0.4 is 11.1 Å². The van der Waals surface area contributed by atoms with Crippen LogP contribution in [0.5, 0.6) is 0 Å². The van der Waals surface area contributed by atoms with Crippen LogP contribution >= 0.6 is 34.8 Å². The lowest BCUT2D eigenvalue weighted by molar-refractivity contribution is -0.123. The minimum absolute atomic E-state index is 0.00568. The molecule has 1 saturated carbocycles. The van der Waals surface area contributed by atoms with Gasteiger partial charge in [0.05, 0.1) is 16.8 Å². The molecule has 1 unspecified atom stereocenters. The number of rotatable bonds is 6. The quantitative estimate of drug-likeness (QED) is 0.440. The van der Waals surface area contributed by atoms with Crippen molar-refractivity contribution in [2.45, 2.75) is 63.5 Å². The van der Waals surface area contributed by atoms with Gasteiger partial charge >= 0.3 is 0 Å². The molecule has 0 spiro atoms. The lowest BCUT2D eigenvalue weighted by Gasteiger charge is -2.41. The van der Waals surface area contributed by atoms with Crippen LogP contribution in [0.3, 0.4) is 0 Å². The van der Waals surface area contributed by atoms with E-state index in [9.17, 15) is 4.79 Å². The van der Waals surface area contributed by atoms with Crippen molar-refractivity contribution in [2.75, 3.05) is 18.4 Å². The van der Waals surface area contributed by atoms with Gasteiger partial charge in [0.2, 0.25) is 5.91 Å². The molecule has 178 valence electrons. The molecule has 2 aliphatic rings. The Balaban J connectivity index is 1.39. The number of primary amides is 1. The summed E-state index contributed by atoms with van der Waals surface area (Å²) >= 11 is 19.0. The number of carbonyl (C=O) groups excluding carboxylic acids is 1. The lowest BCUT2D eigenvalue weighted by atomic mass is 9.82. The normalized spacial score (nSPS) is 23.3. The third kappa shape index (κ3) is 5.97. The number of piperidine rings is 1. The van der Waals surface area contributed by atoms with Gasteiger partial charge in [-0.15, -0.1) is 0 Å². The largest absolute Gasteiger partial charge is 0.377 e. The van der Waals surface area contributed by atoms with E-state index < -0.39 is 0 Å². The SMILES string of the molecule is CC(Nc1cc(C2CCN([C@@H]3CCC[C@@H](C(N)=O)C3)CC2)ccc1Cl)c1ccc(Cl)cc1Cl. The van der Waals surface area contributed by atoms with Gasteiger partial charge in [-0.25, -0.2) is 0 Å². The summed E-state index contributed by atoms with van der Waals surface area (Å²) in [5.74, 6) is 0.413. The van der Waals surface area contributed by atoms with Crippen LogP contribution in [0.25, 0.3) is 0 Å². The van der Waals surface area contributed by atoms with Crippen molar-refractivity contribution in [1.82, 2.24) is 4.90 Å². The molecule has 1 heterocycles.